The Morgan fingerprint density at radius 1 is 1.33 bits per heavy atom. The fourth-order valence-corrected chi connectivity index (χ4v) is 1.69. The quantitative estimate of drug-likeness (QED) is 0.605. The number of hydrogen-bond donors (Lipinski definition) is 0. The molecule has 0 saturated carbocycles. The van der Waals surface area contributed by atoms with E-state index in [-0.39, 0.29) is 0 Å². The molecule has 0 aliphatic heterocycles. The summed E-state index contributed by atoms with van der Waals surface area (Å²) >= 11 is 1.21. The predicted octanol–water partition coefficient (Wildman–Crippen LogP) is 1.86. The zero-order valence-electron chi connectivity index (χ0n) is 6.33. The van der Waals surface area contributed by atoms with Gasteiger partial charge in [0.05, 0.1) is 0 Å². The molecule has 12 heavy (non-hydrogen) atoms. The molecule has 1 aromatic rings. The minimum absolute atomic E-state index is 0.341. The van der Waals surface area contributed by atoms with Crippen molar-refractivity contribution in [1.29, 1.82) is 0 Å². The summed E-state index contributed by atoms with van der Waals surface area (Å²) < 4.78 is 20.9. The highest BCUT2D eigenvalue weighted by Gasteiger charge is 1.93. The lowest BCUT2D eigenvalue weighted by Gasteiger charge is -2.05. The summed E-state index contributed by atoms with van der Waals surface area (Å²) in [4.78, 5) is 0.341. The summed E-state index contributed by atoms with van der Waals surface area (Å²) in [5, 5.41) is 0.896. The first-order valence-electron chi connectivity index (χ1n) is 3.48. The zero-order chi connectivity index (χ0) is 8.97. The normalized spacial score (nSPS) is 12.8. The second kappa shape index (κ2) is 4.74. The fraction of sp³-hybridized carbons (Fsp3) is 0.250. The number of hydrogen-bond acceptors (Lipinski definition) is 2. The molecule has 0 N–H and O–H groups in total. The molecule has 1 aromatic carbocycles. The van der Waals surface area contributed by atoms with Crippen molar-refractivity contribution in [3.63, 3.8) is 0 Å². The predicted molar refractivity (Wildman–Crippen MR) is 51.1 cm³/mol. The van der Waals surface area contributed by atoms with E-state index >= 15 is 0 Å². The molecule has 2 nitrogen and oxygen atoms in total. The molecule has 0 saturated heterocycles. The monoisotopic (exact) mass is 247 g/mol. The third-order valence-corrected chi connectivity index (χ3v) is 2.55. The minimum Gasteiger partial charge on any atom is -0.768 e. The van der Waals surface area contributed by atoms with Crippen LogP contribution in [0.3, 0.4) is 0 Å². The Bertz CT molecular complexity index is 271. The van der Waals surface area contributed by atoms with Gasteiger partial charge in [-0.05, 0) is 35.2 Å². The molecule has 0 amide bonds. The van der Waals surface area contributed by atoms with Crippen LogP contribution in [0.5, 0.6) is 0 Å². The lowest BCUT2D eigenvalue weighted by atomic mass is 10.2. The molecule has 0 aromatic heterocycles. The highest BCUT2D eigenvalue weighted by molar-refractivity contribution is 9.09. The van der Waals surface area contributed by atoms with E-state index in [0.717, 1.165) is 17.3 Å². The van der Waals surface area contributed by atoms with Crippen molar-refractivity contribution in [1.82, 2.24) is 0 Å². The number of rotatable bonds is 3. The second-order valence-electron chi connectivity index (χ2n) is 2.32. The van der Waals surface area contributed by atoms with Gasteiger partial charge in [-0.25, -0.2) is 0 Å². The zero-order valence-corrected chi connectivity index (χ0v) is 8.73. The lowest BCUT2D eigenvalue weighted by molar-refractivity contribution is 0.537. The summed E-state index contributed by atoms with van der Waals surface area (Å²) in [6.07, 6.45) is 0.922. The molecule has 0 heterocycles. The van der Waals surface area contributed by atoms with Crippen LogP contribution in [0.15, 0.2) is 29.2 Å². The van der Waals surface area contributed by atoms with Crippen LogP contribution >= 0.6 is 15.9 Å². The number of benzene rings is 1. The van der Waals surface area contributed by atoms with Crippen molar-refractivity contribution < 1.29 is 8.76 Å². The molecule has 0 radical (unpaired) electrons. The molecule has 0 aliphatic rings. The van der Waals surface area contributed by atoms with Gasteiger partial charge >= 0.3 is 0 Å². The van der Waals surface area contributed by atoms with E-state index in [1.807, 2.05) is 12.1 Å². The van der Waals surface area contributed by atoms with Crippen LogP contribution in [0.2, 0.25) is 0 Å². The molecule has 66 valence electrons. The van der Waals surface area contributed by atoms with Crippen molar-refractivity contribution >= 4 is 27.0 Å². The Kier molecular flexibility index (Phi) is 3.91. The molecule has 1 unspecified atom stereocenters. The first-order chi connectivity index (χ1) is 5.74. The maximum absolute atomic E-state index is 10.5. The molecular weight excluding hydrogens is 240 g/mol. The topological polar surface area (TPSA) is 40.1 Å². The number of halogens is 1. The first-order valence-corrected chi connectivity index (χ1v) is 5.68. The molecule has 1 rings (SSSR count). The first kappa shape index (κ1) is 9.89. The molecular formula is C8H8BrO2S-. The lowest BCUT2D eigenvalue weighted by Crippen LogP contribution is -1.90. The van der Waals surface area contributed by atoms with Crippen LogP contribution in [0.4, 0.5) is 0 Å². The van der Waals surface area contributed by atoms with Crippen molar-refractivity contribution in [3.8, 4) is 0 Å². The molecule has 0 fully saturated rings. The highest BCUT2D eigenvalue weighted by atomic mass is 79.9. The van der Waals surface area contributed by atoms with Gasteiger partial charge in [0, 0.05) is 10.2 Å². The molecule has 4 heteroatoms. The fourth-order valence-electron chi connectivity index (χ4n) is 0.876. The van der Waals surface area contributed by atoms with Crippen LogP contribution in [0.25, 0.3) is 0 Å². The average molecular weight is 248 g/mol. The number of aryl methyl sites for hydroxylation is 1. The summed E-state index contributed by atoms with van der Waals surface area (Å²) in [5.41, 5.74) is 1.14. The third kappa shape index (κ3) is 2.69. The number of alkyl halides is 1. The van der Waals surface area contributed by atoms with Gasteiger partial charge in [0.15, 0.2) is 0 Å². The molecule has 0 spiro atoms. The largest absolute Gasteiger partial charge is 0.768 e. The maximum atomic E-state index is 10.5. The Labute approximate surface area is 82.4 Å². The van der Waals surface area contributed by atoms with E-state index in [9.17, 15) is 8.76 Å². The van der Waals surface area contributed by atoms with E-state index in [2.05, 4.69) is 15.9 Å². The van der Waals surface area contributed by atoms with Gasteiger partial charge in [-0.2, -0.15) is 0 Å². The SMILES string of the molecule is O=S([O-])c1ccc(CCBr)cc1. The van der Waals surface area contributed by atoms with Gasteiger partial charge in [-0.1, -0.05) is 28.1 Å². The molecule has 0 bridgehead atoms. The van der Waals surface area contributed by atoms with Crippen molar-refractivity contribution in [2.75, 3.05) is 5.33 Å². The average Bonchev–Trinajstić information content (AvgIpc) is 2.06. The second-order valence-corrected chi connectivity index (χ2v) is 4.05. The van der Waals surface area contributed by atoms with Gasteiger partial charge in [-0.3, -0.25) is 4.21 Å². The Balaban J connectivity index is 2.78. The van der Waals surface area contributed by atoms with Crippen molar-refractivity contribution in [3.05, 3.63) is 29.8 Å². The Morgan fingerprint density at radius 3 is 2.33 bits per heavy atom. The standard InChI is InChI=1S/C8H9BrO2S/c9-6-5-7-1-3-8(4-2-7)12(10)11/h1-4H,5-6H2,(H,10,11)/p-1. The van der Waals surface area contributed by atoms with Gasteiger partial charge < -0.3 is 4.55 Å². The summed E-state index contributed by atoms with van der Waals surface area (Å²) in [7, 11) is 0. The molecule has 1 atom stereocenters. The van der Waals surface area contributed by atoms with Gasteiger partial charge in [0.1, 0.15) is 0 Å². The van der Waals surface area contributed by atoms with E-state index < -0.39 is 11.1 Å². The smallest absolute Gasteiger partial charge is 0.0248 e. The van der Waals surface area contributed by atoms with Gasteiger partial charge in [-0.15, -0.1) is 0 Å². The van der Waals surface area contributed by atoms with Crippen LogP contribution in [0.1, 0.15) is 5.56 Å². The van der Waals surface area contributed by atoms with Crippen LogP contribution < -0.4 is 0 Å². The molecule has 0 aliphatic carbocycles. The minimum atomic E-state index is -2.10. The van der Waals surface area contributed by atoms with Gasteiger partial charge in [0.25, 0.3) is 0 Å². The Hall–Kier alpha value is -0.190. The van der Waals surface area contributed by atoms with Crippen molar-refractivity contribution in [2.45, 2.75) is 11.3 Å². The maximum Gasteiger partial charge on any atom is 0.0248 e. The van der Waals surface area contributed by atoms with E-state index in [1.54, 1.807) is 12.1 Å². The van der Waals surface area contributed by atoms with Crippen LogP contribution in [-0.2, 0) is 17.5 Å². The van der Waals surface area contributed by atoms with E-state index in [1.165, 1.54) is 0 Å². The van der Waals surface area contributed by atoms with E-state index in [0.29, 0.717) is 4.90 Å². The van der Waals surface area contributed by atoms with Crippen LogP contribution in [0, 0.1) is 0 Å². The van der Waals surface area contributed by atoms with Crippen LogP contribution in [-0.4, -0.2) is 14.1 Å². The third-order valence-electron chi connectivity index (χ3n) is 1.50. The van der Waals surface area contributed by atoms with Crippen molar-refractivity contribution in [2.24, 2.45) is 0 Å². The summed E-state index contributed by atoms with van der Waals surface area (Å²) in [6, 6.07) is 6.88. The van der Waals surface area contributed by atoms with Gasteiger partial charge in [0.2, 0.25) is 0 Å². The van der Waals surface area contributed by atoms with E-state index in [4.69, 9.17) is 0 Å². The highest BCUT2D eigenvalue weighted by Crippen LogP contribution is 2.08. The summed E-state index contributed by atoms with van der Waals surface area (Å²) in [5.74, 6) is 0. The summed E-state index contributed by atoms with van der Waals surface area (Å²) in [6.45, 7) is 0. The Morgan fingerprint density at radius 2 is 1.92 bits per heavy atom.